The Hall–Kier alpha value is -8.86. The number of pyridine rings is 3. The molecule has 0 saturated heterocycles. The molecule has 4 heterocycles. The zero-order valence-electron chi connectivity index (χ0n) is 37.5. The summed E-state index contributed by atoms with van der Waals surface area (Å²) in [6.07, 6.45) is 10.8. The summed E-state index contributed by atoms with van der Waals surface area (Å²) < 4.78 is 0. The Kier molecular flexibility index (Phi) is 8.90. The number of para-hydroxylation sites is 1. The fourth-order valence-corrected chi connectivity index (χ4v) is 11.6. The van der Waals surface area contributed by atoms with E-state index in [9.17, 15) is 0 Å². The van der Waals surface area contributed by atoms with Gasteiger partial charge in [0.2, 0.25) is 0 Å². The third-order valence-electron chi connectivity index (χ3n) is 14.7. The highest BCUT2D eigenvalue weighted by molar-refractivity contribution is 6.18. The van der Waals surface area contributed by atoms with E-state index in [0.717, 1.165) is 83.4 Å². The zero-order chi connectivity index (χ0) is 45.5. The molecule has 322 valence electrons. The maximum Gasteiger partial charge on any atom is 0.103 e. The van der Waals surface area contributed by atoms with Crippen molar-refractivity contribution < 1.29 is 0 Å². The van der Waals surface area contributed by atoms with E-state index in [1.54, 1.807) is 0 Å². The summed E-state index contributed by atoms with van der Waals surface area (Å²) in [4.78, 5) is 21.3. The molecule has 3 aromatic heterocycles. The fourth-order valence-electron chi connectivity index (χ4n) is 11.6. The minimum Gasteiger partial charge on any atom is -0.274 e. The third kappa shape index (κ3) is 6.08. The van der Waals surface area contributed by atoms with Crippen LogP contribution in [-0.2, 0) is 5.41 Å². The van der Waals surface area contributed by atoms with Crippen molar-refractivity contribution in [2.45, 2.75) is 11.5 Å². The highest BCUT2D eigenvalue weighted by atomic mass is 14.9. The lowest BCUT2D eigenvalue weighted by Crippen LogP contribution is -2.28. The molecule has 0 bridgehead atoms. The van der Waals surface area contributed by atoms with Gasteiger partial charge in [0.1, 0.15) is 6.04 Å². The standard InChI is InChI=1S/C65H42N4/c1-4-16-41(17-5-1)58-35-31-42-29-30-43-32-36-60(69-63(43)62(42)67-58)51-34-33-48(64-52(51)26-15-37-66-64)44-18-14-19-45(38-44)61-55-39-54-49-24-10-12-27-56(49)65(46-20-6-2-7-21-46,47-22-8-3-9-23-47)57(54)40-53(55)50-25-11-13-28-59(50)68-61/h1-40,43,63H. The summed E-state index contributed by atoms with van der Waals surface area (Å²) >= 11 is 0. The summed E-state index contributed by atoms with van der Waals surface area (Å²) in [6, 6.07) is 76.6. The highest BCUT2D eigenvalue weighted by Gasteiger charge is 2.46. The summed E-state index contributed by atoms with van der Waals surface area (Å²) in [5.41, 5.74) is 19.3. The number of fused-ring (bicyclic) bond motifs is 10. The van der Waals surface area contributed by atoms with Gasteiger partial charge in [-0.2, -0.15) is 0 Å². The molecule has 4 heteroatoms. The van der Waals surface area contributed by atoms with Gasteiger partial charge in [0.05, 0.1) is 39.2 Å². The molecule has 0 N–H and O–H groups in total. The van der Waals surface area contributed by atoms with Gasteiger partial charge in [0.25, 0.3) is 0 Å². The van der Waals surface area contributed by atoms with Gasteiger partial charge in [-0.1, -0.05) is 194 Å². The van der Waals surface area contributed by atoms with Crippen molar-refractivity contribution in [2.75, 3.05) is 0 Å². The first-order valence-electron chi connectivity index (χ1n) is 23.8. The second kappa shape index (κ2) is 15.6. The van der Waals surface area contributed by atoms with Crippen LogP contribution < -0.4 is 0 Å². The summed E-state index contributed by atoms with van der Waals surface area (Å²) in [6.45, 7) is 0. The quantitative estimate of drug-likeness (QED) is 0.156. The minimum absolute atomic E-state index is 0.121. The van der Waals surface area contributed by atoms with E-state index in [1.165, 1.54) is 38.8 Å². The number of allylic oxidation sites excluding steroid dienone is 1. The molecule has 11 aromatic rings. The van der Waals surface area contributed by atoms with Gasteiger partial charge in [-0.25, -0.2) is 9.97 Å². The van der Waals surface area contributed by atoms with Gasteiger partial charge in [-0.15, -0.1) is 0 Å². The van der Waals surface area contributed by atoms with Crippen molar-refractivity contribution in [3.63, 3.8) is 0 Å². The van der Waals surface area contributed by atoms with Crippen molar-refractivity contribution in [2.24, 2.45) is 10.9 Å². The molecule has 3 aliphatic rings. The molecular weight excluding hydrogens is 837 g/mol. The van der Waals surface area contributed by atoms with Crippen molar-refractivity contribution in [1.29, 1.82) is 0 Å². The lowest BCUT2D eigenvalue weighted by Gasteiger charge is -2.34. The molecule has 0 amide bonds. The average molecular weight is 879 g/mol. The van der Waals surface area contributed by atoms with Crippen LogP contribution in [-0.4, -0.2) is 20.7 Å². The average Bonchev–Trinajstić information content (AvgIpc) is 3.72. The first kappa shape index (κ1) is 39.3. The molecule has 4 nitrogen and oxygen atoms in total. The van der Waals surface area contributed by atoms with E-state index in [-0.39, 0.29) is 12.0 Å². The van der Waals surface area contributed by atoms with Gasteiger partial charge in [0, 0.05) is 50.5 Å². The van der Waals surface area contributed by atoms with Gasteiger partial charge in [-0.3, -0.25) is 9.98 Å². The van der Waals surface area contributed by atoms with Crippen LogP contribution in [0.2, 0.25) is 0 Å². The molecule has 0 spiro atoms. The first-order valence-corrected chi connectivity index (χ1v) is 23.8. The number of benzene rings is 8. The number of dihydropyridines is 1. The molecule has 14 rings (SSSR count). The molecular formula is C65H42N4. The molecule has 2 unspecified atom stereocenters. The van der Waals surface area contributed by atoms with Crippen molar-refractivity contribution in [1.82, 2.24) is 15.0 Å². The molecule has 0 saturated carbocycles. The van der Waals surface area contributed by atoms with Crippen molar-refractivity contribution in [3.8, 4) is 44.8 Å². The monoisotopic (exact) mass is 878 g/mol. The number of nitrogens with zero attached hydrogens (tertiary/aromatic N) is 4. The number of rotatable bonds is 6. The summed E-state index contributed by atoms with van der Waals surface area (Å²) in [7, 11) is 0. The van der Waals surface area contributed by atoms with Crippen LogP contribution in [0.3, 0.4) is 0 Å². The van der Waals surface area contributed by atoms with E-state index >= 15 is 0 Å². The predicted molar refractivity (Wildman–Crippen MR) is 283 cm³/mol. The maximum atomic E-state index is 5.50. The van der Waals surface area contributed by atoms with E-state index in [0.29, 0.717) is 0 Å². The first-order chi connectivity index (χ1) is 34.2. The maximum absolute atomic E-state index is 5.50. The number of aromatic nitrogens is 3. The van der Waals surface area contributed by atoms with Crippen molar-refractivity contribution >= 4 is 44.4 Å². The molecule has 0 radical (unpaired) electrons. The summed E-state index contributed by atoms with van der Waals surface area (Å²) in [5, 5.41) is 4.51. The third-order valence-corrected chi connectivity index (χ3v) is 14.7. The zero-order valence-corrected chi connectivity index (χ0v) is 37.5. The van der Waals surface area contributed by atoms with E-state index in [4.69, 9.17) is 19.9 Å². The molecule has 2 aliphatic carbocycles. The van der Waals surface area contributed by atoms with Gasteiger partial charge in [-0.05, 0) is 92.4 Å². The summed E-state index contributed by atoms with van der Waals surface area (Å²) in [5.74, 6) is 0.136. The second-order valence-corrected chi connectivity index (χ2v) is 18.4. The van der Waals surface area contributed by atoms with Crippen LogP contribution in [0.15, 0.2) is 242 Å². The minimum atomic E-state index is -0.505. The molecule has 69 heavy (non-hydrogen) atoms. The van der Waals surface area contributed by atoms with Gasteiger partial charge in [0.15, 0.2) is 0 Å². The van der Waals surface area contributed by atoms with Crippen LogP contribution in [0.4, 0.5) is 0 Å². The predicted octanol–water partition coefficient (Wildman–Crippen LogP) is 15.4. The molecule has 0 fully saturated rings. The lowest BCUT2D eigenvalue weighted by molar-refractivity contribution is 0.592. The Morgan fingerprint density at radius 1 is 0.420 bits per heavy atom. The number of hydrogen-bond acceptors (Lipinski definition) is 4. The van der Waals surface area contributed by atoms with Crippen LogP contribution in [0.1, 0.15) is 45.1 Å². The van der Waals surface area contributed by atoms with Crippen LogP contribution >= 0.6 is 0 Å². The van der Waals surface area contributed by atoms with E-state index in [2.05, 4.69) is 224 Å². The van der Waals surface area contributed by atoms with Crippen LogP contribution in [0.25, 0.3) is 83.4 Å². The SMILES string of the molecule is C1=CC2C=Cc3ccc(-c4ccccc4)nc3C2N=C1c1ccc(-c2cccc(-c3nc4ccccc4c4cc5c(cc34)-c3ccccc3C5(c3ccccc3)c3ccccc3)c2)c2ncccc12. The smallest absolute Gasteiger partial charge is 0.103 e. The lowest BCUT2D eigenvalue weighted by atomic mass is 9.67. The Labute approximate surface area is 400 Å². The Morgan fingerprint density at radius 3 is 1.96 bits per heavy atom. The van der Waals surface area contributed by atoms with Gasteiger partial charge < -0.3 is 0 Å². The van der Waals surface area contributed by atoms with E-state index < -0.39 is 5.41 Å². The Morgan fingerprint density at radius 2 is 1.12 bits per heavy atom. The van der Waals surface area contributed by atoms with E-state index in [1.807, 2.05) is 18.3 Å². The van der Waals surface area contributed by atoms with Crippen molar-refractivity contribution in [3.05, 3.63) is 276 Å². The van der Waals surface area contributed by atoms with Gasteiger partial charge >= 0.3 is 0 Å². The highest BCUT2D eigenvalue weighted by Crippen LogP contribution is 2.57. The molecule has 2 atom stereocenters. The normalized spacial score (nSPS) is 16.2. The number of hydrogen-bond donors (Lipinski definition) is 0. The number of aliphatic imine (C=N–C) groups is 1. The van der Waals surface area contributed by atoms with Crippen LogP contribution in [0.5, 0.6) is 0 Å². The molecule has 8 aromatic carbocycles. The van der Waals surface area contributed by atoms with Crippen LogP contribution in [0, 0.1) is 5.92 Å². The second-order valence-electron chi connectivity index (χ2n) is 18.4. The Balaban J connectivity index is 0.913. The topological polar surface area (TPSA) is 51.0 Å². The largest absolute Gasteiger partial charge is 0.274 e. The fraction of sp³-hybridized carbons (Fsp3) is 0.0462. The Bertz CT molecular complexity index is 3920. The molecule has 1 aliphatic heterocycles.